The van der Waals surface area contributed by atoms with Crippen molar-refractivity contribution in [2.45, 2.75) is 81.6 Å². The molecule has 7 atom stereocenters. The molecule has 1 N–H and O–H groups in total. The standard InChI is InChI=1S/C28H32F3IO10S/c1-13(2)27(8-3-4-9-27)42-18-11-14(5-6-17(18)32)24(33)40-22-15-12-16-21(26(35)41-23(16)22)20(15)25(34)39-10-7-19(29)28(30,31)43(36,37)38/h5-6,11,13,15-16,19-23H,3-4,7-10,12H2,1-2H3,(H,36,37,38). The van der Waals surface area contributed by atoms with E-state index in [1.54, 1.807) is 18.2 Å². The lowest BCUT2D eigenvalue weighted by atomic mass is 9.78. The summed E-state index contributed by atoms with van der Waals surface area (Å²) in [6, 6.07) is 4.95. The Kier molecular flexibility index (Phi) is 8.74. The highest BCUT2D eigenvalue weighted by Crippen LogP contribution is 2.59. The van der Waals surface area contributed by atoms with Crippen LogP contribution in [0, 0.1) is 33.2 Å². The molecule has 4 fully saturated rings. The van der Waals surface area contributed by atoms with Crippen LogP contribution in [0.25, 0.3) is 0 Å². The zero-order valence-corrected chi connectivity index (χ0v) is 26.3. The van der Waals surface area contributed by atoms with Crippen molar-refractivity contribution in [1.82, 2.24) is 0 Å². The minimum Gasteiger partial charge on any atom is -0.486 e. The molecule has 0 amide bonds. The number of hydrogen-bond donors (Lipinski definition) is 1. The fraction of sp³-hybridized carbons (Fsp3) is 0.679. The molecule has 5 rings (SSSR count). The number of fused-ring (bicyclic) bond motifs is 1. The lowest BCUT2D eigenvalue weighted by Gasteiger charge is -2.35. The number of rotatable bonds is 11. The Hall–Kier alpha value is -2.14. The van der Waals surface area contributed by atoms with E-state index in [1.807, 2.05) is 0 Å². The topological polar surface area (TPSA) is 142 Å². The van der Waals surface area contributed by atoms with E-state index in [4.69, 9.17) is 23.5 Å². The quantitative estimate of drug-likeness (QED) is 0.146. The van der Waals surface area contributed by atoms with Crippen molar-refractivity contribution >= 4 is 50.6 Å². The summed E-state index contributed by atoms with van der Waals surface area (Å²) in [5.74, 6) is -4.71. The molecule has 3 saturated carbocycles. The summed E-state index contributed by atoms with van der Waals surface area (Å²) >= 11 is 2.14. The van der Waals surface area contributed by atoms with Gasteiger partial charge in [0.2, 0.25) is 0 Å². The molecule has 238 valence electrons. The molecule has 1 heterocycles. The minimum absolute atomic E-state index is 0.212. The largest absolute Gasteiger partial charge is 0.486 e. The lowest BCUT2D eigenvalue weighted by molar-refractivity contribution is -0.157. The monoisotopic (exact) mass is 744 g/mol. The number of alkyl halides is 3. The van der Waals surface area contributed by atoms with Crippen molar-refractivity contribution in [1.29, 1.82) is 0 Å². The van der Waals surface area contributed by atoms with Crippen LogP contribution in [0.3, 0.4) is 0 Å². The van der Waals surface area contributed by atoms with E-state index >= 15 is 0 Å². The SMILES string of the molecule is CC(C)C1(Oc2cc(C(=O)OC3C4CC5C3OC(=O)C5C4C(=O)OCCC(F)C(F)(F)S(=O)(=O)O)ccc2I)CCCC1. The van der Waals surface area contributed by atoms with Gasteiger partial charge in [-0.15, -0.1) is 0 Å². The maximum Gasteiger partial charge on any atom is 0.400 e. The van der Waals surface area contributed by atoms with Crippen molar-refractivity contribution in [2.75, 3.05) is 6.61 Å². The zero-order chi connectivity index (χ0) is 31.5. The van der Waals surface area contributed by atoms with E-state index in [0.717, 1.165) is 29.3 Å². The van der Waals surface area contributed by atoms with Crippen LogP contribution in [0.15, 0.2) is 18.2 Å². The average Bonchev–Trinajstić information content (AvgIpc) is 3.68. The van der Waals surface area contributed by atoms with Gasteiger partial charge in [-0.05, 0) is 78.8 Å². The first-order chi connectivity index (χ1) is 20.1. The minimum atomic E-state index is -6.02. The summed E-state index contributed by atoms with van der Waals surface area (Å²) in [6.45, 7) is 3.28. The van der Waals surface area contributed by atoms with E-state index in [-0.39, 0.29) is 17.1 Å². The first-order valence-corrected chi connectivity index (χ1v) is 16.6. The van der Waals surface area contributed by atoms with Crippen LogP contribution in [0.5, 0.6) is 5.75 Å². The van der Waals surface area contributed by atoms with E-state index in [2.05, 4.69) is 36.4 Å². The van der Waals surface area contributed by atoms with Crippen LogP contribution < -0.4 is 4.74 Å². The van der Waals surface area contributed by atoms with Crippen LogP contribution in [0.2, 0.25) is 0 Å². The number of halogens is 4. The van der Waals surface area contributed by atoms with Gasteiger partial charge in [0, 0.05) is 18.3 Å². The van der Waals surface area contributed by atoms with E-state index in [9.17, 15) is 36.0 Å². The number of esters is 3. The van der Waals surface area contributed by atoms with Gasteiger partial charge in [0.1, 0.15) is 23.6 Å². The van der Waals surface area contributed by atoms with Gasteiger partial charge >= 0.3 is 33.3 Å². The lowest BCUT2D eigenvalue weighted by Crippen LogP contribution is -2.44. The highest BCUT2D eigenvalue weighted by Gasteiger charge is 2.70. The molecular weight excluding hydrogens is 712 g/mol. The van der Waals surface area contributed by atoms with Crippen LogP contribution in [0.4, 0.5) is 13.2 Å². The average molecular weight is 745 g/mol. The smallest absolute Gasteiger partial charge is 0.400 e. The van der Waals surface area contributed by atoms with Gasteiger partial charge in [0.05, 0.1) is 27.6 Å². The van der Waals surface area contributed by atoms with Gasteiger partial charge in [-0.2, -0.15) is 17.2 Å². The molecule has 2 bridgehead atoms. The molecule has 1 aromatic rings. The fourth-order valence-electron chi connectivity index (χ4n) is 7.05. The molecule has 1 aliphatic heterocycles. The molecule has 10 nitrogen and oxygen atoms in total. The molecule has 1 aromatic carbocycles. The predicted molar refractivity (Wildman–Crippen MR) is 150 cm³/mol. The molecule has 3 aliphatic carbocycles. The van der Waals surface area contributed by atoms with E-state index in [0.29, 0.717) is 12.2 Å². The molecule has 4 aliphatic rings. The second-order valence-corrected chi connectivity index (χ2v) is 14.7. The van der Waals surface area contributed by atoms with Crippen molar-refractivity contribution in [3.05, 3.63) is 27.3 Å². The third kappa shape index (κ3) is 5.73. The second kappa shape index (κ2) is 11.7. The van der Waals surface area contributed by atoms with Crippen molar-refractivity contribution in [3.8, 4) is 5.75 Å². The van der Waals surface area contributed by atoms with Gasteiger partial charge in [-0.1, -0.05) is 13.8 Å². The Bertz CT molecular complexity index is 1400. The molecule has 43 heavy (non-hydrogen) atoms. The normalized spacial score (nSPS) is 29.9. The highest BCUT2D eigenvalue weighted by molar-refractivity contribution is 14.1. The third-order valence-electron chi connectivity index (χ3n) is 9.37. The summed E-state index contributed by atoms with van der Waals surface area (Å²) in [5, 5.41) is -5.08. The summed E-state index contributed by atoms with van der Waals surface area (Å²) < 4.78 is 94.4. The predicted octanol–water partition coefficient (Wildman–Crippen LogP) is 4.72. The third-order valence-corrected chi connectivity index (χ3v) is 11.2. The highest BCUT2D eigenvalue weighted by atomic mass is 127. The summed E-state index contributed by atoms with van der Waals surface area (Å²) in [5.41, 5.74) is -0.123. The van der Waals surface area contributed by atoms with Crippen LogP contribution in [-0.2, 0) is 33.9 Å². The molecule has 0 radical (unpaired) electrons. The van der Waals surface area contributed by atoms with Crippen LogP contribution >= 0.6 is 22.6 Å². The van der Waals surface area contributed by atoms with Gasteiger partial charge in [0.25, 0.3) is 0 Å². The van der Waals surface area contributed by atoms with Gasteiger partial charge in [-0.3, -0.25) is 14.1 Å². The number of ether oxygens (including phenoxy) is 4. The number of hydrogen-bond acceptors (Lipinski definition) is 9. The van der Waals surface area contributed by atoms with Crippen molar-refractivity contribution in [3.63, 3.8) is 0 Å². The Morgan fingerprint density at radius 3 is 2.51 bits per heavy atom. The Balaban J connectivity index is 1.27. The maximum absolute atomic E-state index is 13.8. The van der Waals surface area contributed by atoms with E-state index in [1.165, 1.54) is 0 Å². The number of benzene rings is 1. The molecule has 0 spiro atoms. The Morgan fingerprint density at radius 1 is 1.21 bits per heavy atom. The van der Waals surface area contributed by atoms with Crippen molar-refractivity contribution in [2.24, 2.45) is 29.6 Å². The molecule has 15 heteroatoms. The van der Waals surface area contributed by atoms with Gasteiger partial charge in [-0.25, -0.2) is 9.18 Å². The molecule has 7 unspecified atom stereocenters. The van der Waals surface area contributed by atoms with E-state index < -0.39 is 88.4 Å². The van der Waals surface area contributed by atoms with Gasteiger partial charge < -0.3 is 18.9 Å². The van der Waals surface area contributed by atoms with Crippen LogP contribution in [0.1, 0.15) is 62.7 Å². The summed E-state index contributed by atoms with van der Waals surface area (Å²) in [6.07, 6.45) is -2.07. The molecule has 1 saturated heterocycles. The second-order valence-electron chi connectivity index (χ2n) is 12.0. The zero-order valence-electron chi connectivity index (χ0n) is 23.3. The maximum atomic E-state index is 13.8. The molecule has 0 aromatic heterocycles. The number of carbonyl (C=O) groups is 3. The first kappa shape index (κ1) is 32.3. The number of carbonyl (C=O) groups excluding carboxylic acids is 3. The Labute approximate surface area is 260 Å². The summed E-state index contributed by atoms with van der Waals surface area (Å²) in [4.78, 5) is 38.9. The van der Waals surface area contributed by atoms with Crippen molar-refractivity contribution < 1.29 is 59.5 Å². The van der Waals surface area contributed by atoms with Crippen LogP contribution in [-0.4, -0.2) is 66.7 Å². The Morgan fingerprint density at radius 2 is 1.88 bits per heavy atom. The fourth-order valence-corrected chi connectivity index (χ4v) is 7.93. The van der Waals surface area contributed by atoms with Gasteiger partial charge in [0.15, 0.2) is 6.17 Å². The molecular formula is C28H32F3IO10S. The first-order valence-electron chi connectivity index (χ1n) is 14.1. The summed E-state index contributed by atoms with van der Waals surface area (Å²) in [7, 11) is -6.02.